The first-order chi connectivity index (χ1) is 19.0. The van der Waals surface area contributed by atoms with Gasteiger partial charge in [0.2, 0.25) is 11.9 Å². The molecule has 2 atom stereocenters. The van der Waals surface area contributed by atoms with Gasteiger partial charge in [-0.2, -0.15) is 0 Å². The summed E-state index contributed by atoms with van der Waals surface area (Å²) in [5, 5.41) is 0.558. The summed E-state index contributed by atoms with van der Waals surface area (Å²) in [7, 11) is 0. The van der Waals surface area contributed by atoms with E-state index in [2.05, 4.69) is 19.9 Å². The van der Waals surface area contributed by atoms with Crippen molar-refractivity contribution in [3.63, 3.8) is 0 Å². The number of fused-ring (bicyclic) bond motifs is 1. The van der Waals surface area contributed by atoms with E-state index in [1.807, 2.05) is 12.3 Å². The Morgan fingerprint density at radius 1 is 1.10 bits per heavy atom. The second kappa shape index (κ2) is 11.5. The number of pyridine rings is 1. The van der Waals surface area contributed by atoms with Gasteiger partial charge in [0.1, 0.15) is 11.6 Å². The van der Waals surface area contributed by atoms with Crippen LogP contribution in [0.4, 0.5) is 16.0 Å². The molecule has 0 spiro atoms. The summed E-state index contributed by atoms with van der Waals surface area (Å²) in [6.45, 7) is 3.18. The first-order valence-electron chi connectivity index (χ1n) is 13.9. The minimum atomic E-state index is -0.395. The van der Waals surface area contributed by atoms with Gasteiger partial charge in [0.15, 0.2) is 0 Å². The molecule has 1 saturated carbocycles. The van der Waals surface area contributed by atoms with Crippen LogP contribution in [0.2, 0.25) is 5.02 Å². The number of carbonyl (C=O) groups is 1. The van der Waals surface area contributed by atoms with Crippen LogP contribution in [0.25, 0.3) is 0 Å². The number of aryl methyl sites for hydroxylation is 1. The monoisotopic (exact) mass is 549 g/mol. The lowest BCUT2D eigenvalue weighted by atomic mass is 9.90. The lowest BCUT2D eigenvalue weighted by molar-refractivity contribution is -0.118. The van der Waals surface area contributed by atoms with Gasteiger partial charge in [-0.1, -0.05) is 17.7 Å². The van der Waals surface area contributed by atoms with Crippen LogP contribution in [0.5, 0.6) is 5.75 Å². The number of benzene rings is 1. The summed E-state index contributed by atoms with van der Waals surface area (Å²) in [5.74, 6) is 2.95. The van der Waals surface area contributed by atoms with E-state index in [0.717, 1.165) is 74.2 Å². The van der Waals surface area contributed by atoms with Crippen molar-refractivity contribution < 1.29 is 13.9 Å². The normalized spacial score (nSPS) is 21.0. The summed E-state index contributed by atoms with van der Waals surface area (Å²) >= 11 is 5.91. The van der Waals surface area contributed by atoms with Crippen molar-refractivity contribution in [1.29, 1.82) is 0 Å². The van der Waals surface area contributed by atoms with Crippen LogP contribution in [0.3, 0.4) is 0 Å². The second-order valence-corrected chi connectivity index (χ2v) is 11.3. The average Bonchev–Trinajstić information content (AvgIpc) is 3.74. The molecule has 2 fully saturated rings. The van der Waals surface area contributed by atoms with Crippen molar-refractivity contribution in [3.8, 4) is 5.75 Å². The summed E-state index contributed by atoms with van der Waals surface area (Å²) < 4.78 is 20.8. The highest BCUT2D eigenvalue weighted by Crippen LogP contribution is 2.49. The van der Waals surface area contributed by atoms with Gasteiger partial charge >= 0.3 is 0 Å². The van der Waals surface area contributed by atoms with Crippen LogP contribution in [-0.4, -0.2) is 47.1 Å². The number of amides is 1. The summed E-state index contributed by atoms with van der Waals surface area (Å²) in [6.07, 6.45) is 13.2. The van der Waals surface area contributed by atoms with Crippen LogP contribution in [0, 0.1) is 23.6 Å². The van der Waals surface area contributed by atoms with Crippen molar-refractivity contribution in [3.05, 3.63) is 71.0 Å². The van der Waals surface area contributed by atoms with Crippen molar-refractivity contribution in [2.24, 2.45) is 17.8 Å². The smallest absolute Gasteiger partial charge is 0.231 e. The largest absolute Gasteiger partial charge is 0.493 e. The van der Waals surface area contributed by atoms with Crippen LogP contribution in [-0.2, 0) is 17.6 Å². The van der Waals surface area contributed by atoms with Crippen LogP contribution in [0.15, 0.2) is 49.1 Å². The van der Waals surface area contributed by atoms with Gasteiger partial charge in [0.25, 0.3) is 0 Å². The van der Waals surface area contributed by atoms with Crippen molar-refractivity contribution in [2.45, 2.75) is 44.9 Å². The van der Waals surface area contributed by atoms with Crippen molar-refractivity contribution in [1.82, 2.24) is 15.0 Å². The van der Waals surface area contributed by atoms with Crippen molar-refractivity contribution in [2.75, 3.05) is 36.0 Å². The molecule has 39 heavy (non-hydrogen) atoms. The summed E-state index contributed by atoms with van der Waals surface area (Å²) in [6, 6.07) is 6.73. The minimum Gasteiger partial charge on any atom is -0.493 e. The number of hydrogen-bond acceptors (Lipinski definition) is 6. The van der Waals surface area contributed by atoms with Crippen LogP contribution >= 0.6 is 11.6 Å². The van der Waals surface area contributed by atoms with Gasteiger partial charge in [-0.05, 0) is 79.5 Å². The number of carbonyl (C=O) groups excluding carboxylic acids is 1. The zero-order chi connectivity index (χ0) is 26.8. The van der Waals surface area contributed by atoms with Gasteiger partial charge in [-0.25, -0.2) is 14.4 Å². The third-order valence-electron chi connectivity index (χ3n) is 8.43. The Morgan fingerprint density at radius 3 is 2.72 bits per heavy atom. The highest BCUT2D eigenvalue weighted by atomic mass is 35.5. The quantitative estimate of drug-likeness (QED) is 0.369. The molecule has 1 saturated heterocycles. The molecule has 0 bridgehead atoms. The molecular weight excluding hydrogens is 517 g/mol. The molecule has 2 aliphatic heterocycles. The molecule has 1 aromatic carbocycles. The van der Waals surface area contributed by atoms with Gasteiger partial charge in [0, 0.05) is 43.8 Å². The number of piperidine rings is 1. The fourth-order valence-electron chi connectivity index (χ4n) is 6.21. The van der Waals surface area contributed by atoms with Gasteiger partial charge in [-0.15, -0.1) is 0 Å². The Labute approximate surface area is 233 Å². The Hall–Kier alpha value is -3.26. The molecule has 7 nitrogen and oxygen atoms in total. The maximum Gasteiger partial charge on any atom is 0.231 e. The lowest BCUT2D eigenvalue weighted by Gasteiger charge is -2.32. The standard InChI is InChI=1S/C30H33ClFN5O2/c31-24-18-34-30(35-19-24)36-11-6-20(7-12-36)26-14-21(26)8-13-39-25-4-3-22(27(32)16-25)15-29(38)37-10-1-2-23-17-33-9-5-28(23)37/h3-5,9,16-21,26H,1-2,6-8,10-15H2. The number of nitrogens with zero attached hydrogens (tertiary/aromatic N) is 5. The first kappa shape index (κ1) is 26.0. The lowest BCUT2D eigenvalue weighted by Crippen LogP contribution is -2.36. The van der Waals surface area contributed by atoms with Gasteiger partial charge < -0.3 is 14.5 Å². The van der Waals surface area contributed by atoms with E-state index in [1.54, 1.807) is 35.6 Å². The predicted molar refractivity (Wildman–Crippen MR) is 149 cm³/mol. The molecule has 4 heterocycles. The maximum absolute atomic E-state index is 14.9. The van der Waals surface area contributed by atoms with E-state index in [4.69, 9.17) is 16.3 Å². The number of aromatic nitrogens is 3. The Morgan fingerprint density at radius 2 is 1.92 bits per heavy atom. The molecule has 9 heteroatoms. The fraction of sp³-hybridized carbons (Fsp3) is 0.467. The molecule has 6 rings (SSSR count). The molecule has 1 aliphatic carbocycles. The summed E-state index contributed by atoms with van der Waals surface area (Å²) in [5.41, 5.74) is 2.35. The van der Waals surface area contributed by atoms with E-state index < -0.39 is 5.82 Å². The topological polar surface area (TPSA) is 71.5 Å². The molecule has 2 unspecified atom stereocenters. The number of hydrogen-bond donors (Lipinski definition) is 0. The predicted octanol–water partition coefficient (Wildman–Crippen LogP) is 5.51. The fourth-order valence-corrected chi connectivity index (χ4v) is 6.30. The van der Waals surface area contributed by atoms with Crippen molar-refractivity contribution >= 4 is 29.1 Å². The average molecular weight is 550 g/mol. The van der Waals surface area contributed by atoms with E-state index in [9.17, 15) is 9.18 Å². The molecule has 0 radical (unpaired) electrons. The van der Waals surface area contributed by atoms with E-state index in [0.29, 0.717) is 35.4 Å². The van der Waals surface area contributed by atoms with Crippen LogP contribution in [0.1, 0.15) is 43.2 Å². The minimum absolute atomic E-state index is 0.0284. The van der Waals surface area contributed by atoms with E-state index >= 15 is 0 Å². The highest BCUT2D eigenvalue weighted by molar-refractivity contribution is 6.30. The SMILES string of the molecule is O=C(Cc1ccc(OCCC2CC2C2CCN(c3ncc(Cl)cn3)CC2)cc1F)N1CCCc2cnccc21. The second-order valence-electron chi connectivity index (χ2n) is 10.9. The third-order valence-corrected chi connectivity index (χ3v) is 8.63. The van der Waals surface area contributed by atoms with E-state index in [1.165, 1.54) is 12.5 Å². The first-order valence-corrected chi connectivity index (χ1v) is 14.3. The molecule has 2 aromatic heterocycles. The van der Waals surface area contributed by atoms with Crippen LogP contribution < -0.4 is 14.5 Å². The molecule has 3 aromatic rings. The number of halogens is 2. The summed E-state index contributed by atoms with van der Waals surface area (Å²) in [4.78, 5) is 29.8. The molecule has 1 amide bonds. The van der Waals surface area contributed by atoms with Gasteiger partial charge in [-0.3, -0.25) is 9.78 Å². The Balaban J connectivity index is 0.943. The molecule has 3 aliphatic rings. The molecular formula is C30H33ClFN5O2. The maximum atomic E-state index is 14.9. The zero-order valence-corrected chi connectivity index (χ0v) is 22.7. The number of rotatable bonds is 8. The Bertz CT molecular complexity index is 1310. The third kappa shape index (κ3) is 6.01. The number of ether oxygens (including phenoxy) is 1. The molecule has 0 N–H and O–H groups in total. The van der Waals surface area contributed by atoms with E-state index in [-0.39, 0.29) is 12.3 Å². The van der Waals surface area contributed by atoms with Gasteiger partial charge in [0.05, 0.1) is 30.4 Å². The highest BCUT2D eigenvalue weighted by Gasteiger charge is 2.43. The number of anilines is 2. The zero-order valence-electron chi connectivity index (χ0n) is 21.9. The molecule has 204 valence electrons. The Kier molecular flexibility index (Phi) is 7.64.